The molecule has 2 fully saturated rings. The summed E-state index contributed by atoms with van der Waals surface area (Å²) in [5.41, 5.74) is 2.15. The van der Waals surface area contributed by atoms with E-state index in [0.717, 1.165) is 40.3 Å². The number of aromatic amines is 1. The first-order chi connectivity index (χ1) is 14.1. The van der Waals surface area contributed by atoms with Crippen LogP contribution in [0.5, 0.6) is 0 Å². The van der Waals surface area contributed by atoms with E-state index in [1.807, 2.05) is 37.1 Å². The molecule has 2 atom stereocenters. The van der Waals surface area contributed by atoms with Crippen LogP contribution in [-0.2, 0) is 9.53 Å². The van der Waals surface area contributed by atoms with Crippen LogP contribution in [0, 0.1) is 0 Å². The lowest BCUT2D eigenvalue weighted by atomic mass is 10.1. The van der Waals surface area contributed by atoms with Gasteiger partial charge in [-0.2, -0.15) is 0 Å². The van der Waals surface area contributed by atoms with Crippen LogP contribution < -0.4 is 0 Å². The number of carbonyl (C=O) groups excluding carboxylic acids is 1. The summed E-state index contributed by atoms with van der Waals surface area (Å²) >= 11 is 1.49. The summed E-state index contributed by atoms with van der Waals surface area (Å²) in [5, 5.41) is 10.9. The molecule has 152 valence electrons. The molecule has 8 heteroatoms. The van der Waals surface area contributed by atoms with E-state index in [2.05, 4.69) is 31.9 Å². The fourth-order valence-corrected chi connectivity index (χ4v) is 4.98. The maximum Gasteiger partial charge on any atom is 0.233 e. The Hall–Kier alpha value is -2.32. The summed E-state index contributed by atoms with van der Waals surface area (Å²) in [6, 6.07) is 8.65. The number of nitrogens with one attached hydrogen (secondary N) is 1. The average Bonchev–Trinajstić information content (AvgIpc) is 3.31. The van der Waals surface area contributed by atoms with Gasteiger partial charge in [0.25, 0.3) is 0 Å². The second-order valence-corrected chi connectivity index (χ2v) is 8.94. The van der Waals surface area contributed by atoms with Crippen molar-refractivity contribution < 1.29 is 9.53 Å². The molecule has 3 heterocycles. The fourth-order valence-electron chi connectivity index (χ4n) is 4.08. The van der Waals surface area contributed by atoms with Crippen LogP contribution in [0.1, 0.15) is 32.7 Å². The van der Waals surface area contributed by atoms with Gasteiger partial charge in [-0.3, -0.25) is 9.36 Å². The molecular weight excluding hydrogens is 386 g/mol. The van der Waals surface area contributed by atoms with Gasteiger partial charge in [-0.15, -0.1) is 10.2 Å². The first kappa shape index (κ1) is 18.7. The van der Waals surface area contributed by atoms with E-state index in [0.29, 0.717) is 24.9 Å². The van der Waals surface area contributed by atoms with Gasteiger partial charge in [0.1, 0.15) is 0 Å². The Labute approximate surface area is 173 Å². The highest BCUT2D eigenvalue weighted by Gasteiger charge is 2.32. The van der Waals surface area contributed by atoms with E-state index in [9.17, 15) is 4.79 Å². The Morgan fingerprint density at radius 1 is 1.21 bits per heavy atom. The fraction of sp³-hybridized carbons (Fsp3) is 0.476. The number of H-pyrrole nitrogens is 1. The molecular formula is C21H25N5O2S. The molecule has 1 aliphatic heterocycles. The highest BCUT2D eigenvalue weighted by atomic mass is 32.2. The highest BCUT2D eigenvalue weighted by molar-refractivity contribution is 7.99. The number of thioether (sulfide) groups is 1. The summed E-state index contributed by atoms with van der Waals surface area (Å²) in [4.78, 5) is 18.0. The molecule has 29 heavy (non-hydrogen) atoms. The topological polar surface area (TPSA) is 76.0 Å². The molecule has 1 aromatic carbocycles. The molecule has 2 aliphatic rings. The van der Waals surface area contributed by atoms with Crippen molar-refractivity contribution in [2.45, 2.75) is 50.1 Å². The lowest BCUT2D eigenvalue weighted by Gasteiger charge is -2.35. The second-order valence-electron chi connectivity index (χ2n) is 8.00. The number of benzene rings is 1. The molecule has 2 aromatic heterocycles. The van der Waals surface area contributed by atoms with Gasteiger partial charge in [0, 0.05) is 41.8 Å². The van der Waals surface area contributed by atoms with Gasteiger partial charge in [0.05, 0.1) is 18.0 Å². The first-order valence-electron chi connectivity index (χ1n) is 10.2. The standard InChI is InChI=1S/C21H25N5O2S/c1-13-10-25(11-14(2)28-13)19(27)12-29-21-24-23-20(26(21)15-7-8-15)17-9-22-18-6-4-3-5-16(17)18/h3-6,9,13-15,22H,7-8,10-12H2,1-2H3. The van der Waals surface area contributed by atoms with Crippen LogP contribution in [0.15, 0.2) is 35.6 Å². The zero-order chi connectivity index (χ0) is 20.0. The molecule has 0 bridgehead atoms. The van der Waals surface area contributed by atoms with Crippen molar-refractivity contribution in [2.24, 2.45) is 0 Å². The van der Waals surface area contributed by atoms with Gasteiger partial charge in [0.2, 0.25) is 5.91 Å². The number of morpholine rings is 1. The molecule has 1 amide bonds. The minimum absolute atomic E-state index is 0.0799. The number of hydrogen-bond acceptors (Lipinski definition) is 5. The second kappa shape index (κ2) is 7.50. The molecule has 3 aromatic rings. The molecule has 1 saturated heterocycles. The summed E-state index contributed by atoms with van der Waals surface area (Å²) in [6.07, 6.45) is 4.43. The van der Waals surface area contributed by atoms with Crippen molar-refractivity contribution in [1.82, 2.24) is 24.6 Å². The van der Waals surface area contributed by atoms with E-state index >= 15 is 0 Å². The third-order valence-electron chi connectivity index (χ3n) is 5.50. The van der Waals surface area contributed by atoms with Crippen molar-refractivity contribution in [1.29, 1.82) is 0 Å². The molecule has 5 rings (SSSR count). The van der Waals surface area contributed by atoms with E-state index in [4.69, 9.17) is 4.74 Å². The van der Waals surface area contributed by atoms with E-state index in [1.165, 1.54) is 11.8 Å². The number of para-hydroxylation sites is 1. The number of rotatable bonds is 5. The number of hydrogen-bond donors (Lipinski definition) is 1. The number of ether oxygens (including phenoxy) is 1. The zero-order valence-corrected chi connectivity index (χ0v) is 17.5. The number of nitrogens with zero attached hydrogens (tertiary/aromatic N) is 4. The third kappa shape index (κ3) is 3.67. The average molecular weight is 412 g/mol. The van der Waals surface area contributed by atoms with Gasteiger partial charge >= 0.3 is 0 Å². The molecule has 7 nitrogen and oxygen atoms in total. The molecule has 0 spiro atoms. The number of carbonyl (C=O) groups is 1. The van der Waals surface area contributed by atoms with E-state index in [-0.39, 0.29) is 18.1 Å². The minimum atomic E-state index is 0.0799. The van der Waals surface area contributed by atoms with Crippen molar-refractivity contribution >= 4 is 28.6 Å². The molecule has 0 radical (unpaired) electrons. The summed E-state index contributed by atoms with van der Waals surface area (Å²) in [7, 11) is 0. The first-order valence-corrected chi connectivity index (χ1v) is 11.2. The molecule has 1 aliphatic carbocycles. The summed E-state index contributed by atoms with van der Waals surface area (Å²) in [6.45, 7) is 5.33. The maximum atomic E-state index is 12.8. The quantitative estimate of drug-likeness (QED) is 0.651. The van der Waals surface area contributed by atoms with Gasteiger partial charge < -0.3 is 14.6 Å². The smallest absolute Gasteiger partial charge is 0.233 e. The zero-order valence-electron chi connectivity index (χ0n) is 16.7. The Bertz CT molecular complexity index is 1030. The third-order valence-corrected chi connectivity index (χ3v) is 6.43. The van der Waals surface area contributed by atoms with Crippen molar-refractivity contribution in [3.8, 4) is 11.4 Å². The van der Waals surface area contributed by atoms with Crippen LogP contribution in [0.25, 0.3) is 22.3 Å². The number of fused-ring (bicyclic) bond motifs is 1. The Kier molecular flexibility index (Phi) is 4.83. The maximum absolute atomic E-state index is 12.8. The van der Waals surface area contributed by atoms with Crippen molar-refractivity contribution in [3.05, 3.63) is 30.5 Å². The van der Waals surface area contributed by atoms with Crippen LogP contribution in [0.3, 0.4) is 0 Å². The van der Waals surface area contributed by atoms with Gasteiger partial charge in [-0.1, -0.05) is 30.0 Å². The van der Waals surface area contributed by atoms with E-state index in [1.54, 1.807) is 0 Å². The lowest BCUT2D eigenvalue weighted by Crippen LogP contribution is -2.48. The van der Waals surface area contributed by atoms with Crippen LogP contribution in [0.2, 0.25) is 0 Å². The van der Waals surface area contributed by atoms with Crippen LogP contribution in [0.4, 0.5) is 0 Å². The van der Waals surface area contributed by atoms with Crippen LogP contribution >= 0.6 is 11.8 Å². The van der Waals surface area contributed by atoms with E-state index < -0.39 is 0 Å². The number of aromatic nitrogens is 4. The molecule has 1 saturated carbocycles. The highest BCUT2D eigenvalue weighted by Crippen LogP contribution is 2.42. The predicted molar refractivity (Wildman–Crippen MR) is 113 cm³/mol. The van der Waals surface area contributed by atoms with Gasteiger partial charge in [-0.25, -0.2) is 0 Å². The predicted octanol–water partition coefficient (Wildman–Crippen LogP) is 3.49. The normalized spacial score (nSPS) is 22.3. The monoisotopic (exact) mass is 411 g/mol. The Morgan fingerprint density at radius 2 is 1.97 bits per heavy atom. The Morgan fingerprint density at radius 3 is 2.72 bits per heavy atom. The summed E-state index contributed by atoms with van der Waals surface area (Å²) in [5.74, 6) is 1.39. The van der Waals surface area contributed by atoms with Gasteiger partial charge in [0.15, 0.2) is 11.0 Å². The number of amides is 1. The SMILES string of the molecule is CC1CN(C(=O)CSc2nnc(-c3c[nH]c4ccccc34)n2C2CC2)CC(C)O1. The lowest BCUT2D eigenvalue weighted by molar-refractivity contribution is -0.140. The van der Waals surface area contributed by atoms with Gasteiger partial charge in [-0.05, 0) is 32.8 Å². The van der Waals surface area contributed by atoms with Crippen LogP contribution in [-0.4, -0.2) is 61.6 Å². The molecule has 1 N–H and O–H groups in total. The Balaban J connectivity index is 1.37. The van der Waals surface area contributed by atoms with Crippen molar-refractivity contribution in [2.75, 3.05) is 18.8 Å². The van der Waals surface area contributed by atoms with Crippen molar-refractivity contribution in [3.63, 3.8) is 0 Å². The molecule has 2 unspecified atom stereocenters. The largest absolute Gasteiger partial charge is 0.372 e. The summed E-state index contributed by atoms with van der Waals surface area (Å²) < 4.78 is 7.96. The minimum Gasteiger partial charge on any atom is -0.372 e.